The van der Waals surface area contributed by atoms with Crippen LogP contribution < -0.4 is 5.11 Å². The van der Waals surface area contributed by atoms with Gasteiger partial charge in [0.25, 0.3) is 0 Å². The topological polar surface area (TPSA) is 40.1 Å². The molecule has 0 radical (unpaired) electrons. The number of benzene rings is 2. The van der Waals surface area contributed by atoms with Crippen molar-refractivity contribution in [2.75, 3.05) is 0 Å². The van der Waals surface area contributed by atoms with Crippen molar-refractivity contribution >= 4 is 5.97 Å². The van der Waals surface area contributed by atoms with Crippen molar-refractivity contribution < 1.29 is 23.1 Å². The molecule has 0 spiro atoms. The van der Waals surface area contributed by atoms with Crippen LogP contribution in [0.15, 0.2) is 48.5 Å². The summed E-state index contributed by atoms with van der Waals surface area (Å²) in [5.74, 6) is -1.63. The average Bonchev–Trinajstić information content (AvgIpc) is 2.37. The van der Waals surface area contributed by atoms with E-state index in [2.05, 4.69) is 0 Å². The van der Waals surface area contributed by atoms with Gasteiger partial charge in [0.15, 0.2) is 0 Å². The fraction of sp³-hybridized carbons (Fsp3) is 0.0714. The smallest absolute Gasteiger partial charge is 0.417 e. The number of carbonyl (C=O) groups is 1. The molecule has 2 aromatic rings. The molecule has 19 heavy (non-hydrogen) atoms. The Morgan fingerprint density at radius 2 is 1.58 bits per heavy atom. The number of rotatable bonds is 2. The molecule has 0 unspecified atom stereocenters. The van der Waals surface area contributed by atoms with E-state index in [9.17, 15) is 23.1 Å². The van der Waals surface area contributed by atoms with Crippen LogP contribution in [0.1, 0.15) is 15.9 Å². The Morgan fingerprint density at radius 1 is 0.947 bits per heavy atom. The Morgan fingerprint density at radius 3 is 2.11 bits per heavy atom. The zero-order chi connectivity index (χ0) is 14.0. The molecule has 2 rings (SSSR count). The molecule has 0 saturated carbocycles. The molecule has 2 aromatic carbocycles. The zero-order valence-corrected chi connectivity index (χ0v) is 9.57. The number of halogens is 3. The second kappa shape index (κ2) is 4.76. The average molecular weight is 265 g/mol. The lowest BCUT2D eigenvalue weighted by atomic mass is 9.94. The molecule has 0 bridgehead atoms. The Kier molecular flexibility index (Phi) is 3.29. The number of hydrogen-bond acceptors (Lipinski definition) is 2. The molecule has 2 nitrogen and oxygen atoms in total. The summed E-state index contributed by atoms with van der Waals surface area (Å²) in [6, 6.07) is 10.6. The molecule has 0 heterocycles. The van der Waals surface area contributed by atoms with Gasteiger partial charge in [0.1, 0.15) is 0 Å². The Labute approximate surface area is 107 Å². The molecule has 0 fully saturated rings. The summed E-state index contributed by atoms with van der Waals surface area (Å²) in [5, 5.41) is 11.0. The van der Waals surface area contributed by atoms with E-state index in [4.69, 9.17) is 0 Å². The molecule has 0 aliphatic rings. The maximum absolute atomic E-state index is 13.0. The molecule has 0 atom stereocenters. The normalized spacial score (nSPS) is 11.3. The summed E-state index contributed by atoms with van der Waals surface area (Å²) in [7, 11) is 0. The van der Waals surface area contributed by atoms with Gasteiger partial charge in [-0.2, -0.15) is 13.2 Å². The standard InChI is InChI=1S/C14H9F3O2/c15-14(16,17)11-8-4-7-10(13(18)19)12(11)9-5-2-1-3-6-9/h1-8H,(H,18,19)/p-1. The predicted molar refractivity (Wildman–Crippen MR) is 61.2 cm³/mol. The molecule has 0 aliphatic heterocycles. The van der Waals surface area contributed by atoms with Crippen LogP contribution in [0.5, 0.6) is 0 Å². The van der Waals surface area contributed by atoms with Crippen molar-refractivity contribution in [3.8, 4) is 11.1 Å². The highest BCUT2D eigenvalue weighted by Crippen LogP contribution is 2.38. The second-order valence-electron chi connectivity index (χ2n) is 3.88. The SMILES string of the molecule is O=C([O-])c1cccc(C(F)(F)F)c1-c1ccccc1. The van der Waals surface area contributed by atoms with E-state index in [0.717, 1.165) is 18.2 Å². The molecular weight excluding hydrogens is 257 g/mol. The first-order chi connectivity index (χ1) is 8.91. The summed E-state index contributed by atoms with van der Waals surface area (Å²) in [6.07, 6.45) is -4.63. The number of carboxylic acid groups (broad SMARTS) is 1. The van der Waals surface area contributed by atoms with Crippen molar-refractivity contribution in [1.82, 2.24) is 0 Å². The lowest BCUT2D eigenvalue weighted by Crippen LogP contribution is -2.24. The first kappa shape index (κ1) is 13.1. The van der Waals surface area contributed by atoms with Crippen LogP contribution in [-0.2, 0) is 6.18 Å². The zero-order valence-electron chi connectivity index (χ0n) is 9.57. The van der Waals surface area contributed by atoms with Crippen LogP contribution >= 0.6 is 0 Å². The van der Waals surface area contributed by atoms with E-state index in [1.54, 1.807) is 18.2 Å². The third-order valence-electron chi connectivity index (χ3n) is 2.65. The van der Waals surface area contributed by atoms with Crippen LogP contribution in [0.2, 0.25) is 0 Å². The fourth-order valence-corrected chi connectivity index (χ4v) is 1.87. The molecule has 0 N–H and O–H groups in total. The number of aromatic carboxylic acids is 1. The number of hydrogen-bond donors (Lipinski definition) is 0. The summed E-state index contributed by atoms with van der Waals surface area (Å²) in [5.41, 5.74) is -1.63. The number of carboxylic acids is 1. The lowest BCUT2D eigenvalue weighted by Gasteiger charge is -2.17. The van der Waals surface area contributed by atoms with E-state index in [0.29, 0.717) is 0 Å². The van der Waals surface area contributed by atoms with Gasteiger partial charge >= 0.3 is 6.18 Å². The monoisotopic (exact) mass is 265 g/mol. The third kappa shape index (κ3) is 2.59. The Bertz CT molecular complexity index is 604. The van der Waals surface area contributed by atoms with E-state index in [-0.39, 0.29) is 11.1 Å². The molecule has 0 aliphatic carbocycles. The molecule has 5 heteroatoms. The summed E-state index contributed by atoms with van der Waals surface area (Å²) >= 11 is 0. The van der Waals surface area contributed by atoms with Gasteiger partial charge < -0.3 is 9.90 Å². The first-order valence-electron chi connectivity index (χ1n) is 5.38. The minimum Gasteiger partial charge on any atom is -0.545 e. The van der Waals surface area contributed by atoms with Crippen LogP contribution in [-0.4, -0.2) is 5.97 Å². The van der Waals surface area contributed by atoms with Crippen molar-refractivity contribution in [3.05, 3.63) is 59.7 Å². The van der Waals surface area contributed by atoms with Crippen molar-refractivity contribution in [1.29, 1.82) is 0 Å². The van der Waals surface area contributed by atoms with Crippen LogP contribution in [0, 0.1) is 0 Å². The summed E-state index contributed by atoms with van der Waals surface area (Å²) in [6.45, 7) is 0. The molecule has 0 saturated heterocycles. The van der Waals surface area contributed by atoms with Crippen LogP contribution in [0.3, 0.4) is 0 Å². The van der Waals surface area contributed by atoms with Gasteiger partial charge in [0.2, 0.25) is 0 Å². The first-order valence-corrected chi connectivity index (χ1v) is 5.38. The van der Waals surface area contributed by atoms with Crippen molar-refractivity contribution in [3.63, 3.8) is 0 Å². The van der Waals surface area contributed by atoms with Gasteiger partial charge in [-0.3, -0.25) is 0 Å². The highest BCUT2D eigenvalue weighted by molar-refractivity contribution is 5.96. The molecule has 98 valence electrons. The molecular formula is C14H8F3O2-. The van der Waals surface area contributed by atoms with Crippen LogP contribution in [0.4, 0.5) is 13.2 Å². The summed E-state index contributed by atoms with van der Waals surface area (Å²) in [4.78, 5) is 11.0. The van der Waals surface area contributed by atoms with Crippen molar-refractivity contribution in [2.45, 2.75) is 6.18 Å². The van der Waals surface area contributed by atoms with Gasteiger partial charge in [0.05, 0.1) is 11.5 Å². The highest BCUT2D eigenvalue weighted by atomic mass is 19.4. The largest absolute Gasteiger partial charge is 0.545 e. The number of alkyl halides is 3. The van der Waals surface area contributed by atoms with Gasteiger partial charge in [-0.1, -0.05) is 42.5 Å². The van der Waals surface area contributed by atoms with Gasteiger partial charge in [0, 0.05) is 11.1 Å². The second-order valence-corrected chi connectivity index (χ2v) is 3.88. The fourth-order valence-electron chi connectivity index (χ4n) is 1.87. The highest BCUT2D eigenvalue weighted by Gasteiger charge is 2.34. The van der Waals surface area contributed by atoms with Crippen molar-refractivity contribution in [2.24, 2.45) is 0 Å². The Balaban J connectivity index is 2.78. The van der Waals surface area contributed by atoms with E-state index < -0.39 is 23.3 Å². The van der Waals surface area contributed by atoms with E-state index in [1.165, 1.54) is 12.1 Å². The lowest BCUT2D eigenvalue weighted by molar-refractivity contribution is -0.254. The quantitative estimate of drug-likeness (QED) is 0.837. The maximum Gasteiger partial charge on any atom is 0.417 e. The molecule has 0 aromatic heterocycles. The van der Waals surface area contributed by atoms with Gasteiger partial charge in [-0.25, -0.2) is 0 Å². The minimum atomic E-state index is -4.63. The Hall–Kier alpha value is -2.30. The maximum atomic E-state index is 13.0. The van der Waals surface area contributed by atoms with Gasteiger partial charge in [-0.15, -0.1) is 0 Å². The minimum absolute atomic E-state index is 0.189. The van der Waals surface area contributed by atoms with E-state index in [1.807, 2.05) is 0 Å². The van der Waals surface area contributed by atoms with Gasteiger partial charge in [-0.05, 0) is 11.6 Å². The number of carbonyl (C=O) groups excluding carboxylic acids is 1. The third-order valence-corrected chi connectivity index (χ3v) is 2.65. The molecule has 0 amide bonds. The van der Waals surface area contributed by atoms with E-state index >= 15 is 0 Å². The van der Waals surface area contributed by atoms with Crippen LogP contribution in [0.25, 0.3) is 11.1 Å². The summed E-state index contributed by atoms with van der Waals surface area (Å²) < 4.78 is 38.9. The predicted octanol–water partition coefficient (Wildman–Crippen LogP) is 2.74.